The third-order valence-corrected chi connectivity index (χ3v) is 5.90. The molecular weight excluding hydrogens is 314 g/mol. The van der Waals surface area contributed by atoms with Crippen molar-refractivity contribution in [1.82, 2.24) is 0 Å². The van der Waals surface area contributed by atoms with Crippen molar-refractivity contribution in [3.63, 3.8) is 0 Å². The van der Waals surface area contributed by atoms with E-state index in [4.69, 9.17) is 6.42 Å². The number of nitrogens with one attached hydrogen (secondary N) is 1. The summed E-state index contributed by atoms with van der Waals surface area (Å²) in [5.41, 5.74) is 5.84. The van der Waals surface area contributed by atoms with Crippen LogP contribution in [0.3, 0.4) is 0 Å². The predicted molar refractivity (Wildman–Crippen MR) is 113 cm³/mol. The number of hydrogen-bond donors (Lipinski definition) is 1. The summed E-state index contributed by atoms with van der Waals surface area (Å²) in [6.07, 6.45) is 21.0. The normalized spacial score (nSPS) is 19.5. The first-order chi connectivity index (χ1) is 12.7. The van der Waals surface area contributed by atoms with Crippen LogP contribution in [0.5, 0.6) is 0 Å². The van der Waals surface area contributed by atoms with Crippen molar-refractivity contribution in [2.24, 2.45) is 11.8 Å². The summed E-state index contributed by atoms with van der Waals surface area (Å²) < 4.78 is 0. The van der Waals surface area contributed by atoms with Crippen LogP contribution in [0.2, 0.25) is 0 Å². The maximum absolute atomic E-state index is 5.51. The van der Waals surface area contributed by atoms with Crippen molar-refractivity contribution in [2.75, 3.05) is 5.32 Å². The SMILES string of the molecule is C#Cc1cccc(NC(=C)/C=C(\C=C(/C)C2CCC2)C2CCCCC2)c1. The molecule has 0 atom stereocenters. The molecule has 0 bridgehead atoms. The van der Waals surface area contributed by atoms with E-state index in [0.29, 0.717) is 5.92 Å². The van der Waals surface area contributed by atoms with Crippen LogP contribution in [0.4, 0.5) is 5.69 Å². The van der Waals surface area contributed by atoms with Crippen LogP contribution in [-0.4, -0.2) is 0 Å². The topological polar surface area (TPSA) is 12.0 Å². The van der Waals surface area contributed by atoms with E-state index in [-0.39, 0.29) is 0 Å². The second kappa shape index (κ2) is 8.95. The molecule has 1 heteroatoms. The van der Waals surface area contributed by atoms with Crippen LogP contribution in [-0.2, 0) is 0 Å². The van der Waals surface area contributed by atoms with Gasteiger partial charge >= 0.3 is 0 Å². The molecule has 2 saturated carbocycles. The van der Waals surface area contributed by atoms with Gasteiger partial charge in [-0.2, -0.15) is 0 Å². The average molecular weight is 346 g/mol. The third kappa shape index (κ3) is 4.92. The molecule has 2 aliphatic rings. The molecule has 3 rings (SSSR count). The van der Waals surface area contributed by atoms with Gasteiger partial charge in [0.2, 0.25) is 0 Å². The van der Waals surface area contributed by atoms with Crippen LogP contribution in [0, 0.1) is 24.2 Å². The summed E-state index contributed by atoms with van der Waals surface area (Å²) in [6.45, 7) is 6.57. The Hall–Kier alpha value is -2.20. The van der Waals surface area contributed by atoms with Crippen molar-refractivity contribution >= 4 is 5.69 Å². The first-order valence-corrected chi connectivity index (χ1v) is 10.1. The summed E-state index contributed by atoms with van der Waals surface area (Å²) in [5, 5.41) is 3.42. The summed E-state index contributed by atoms with van der Waals surface area (Å²) in [7, 11) is 0. The molecule has 0 aliphatic heterocycles. The minimum atomic E-state index is 0.675. The molecule has 136 valence electrons. The Bertz CT molecular complexity index is 734. The van der Waals surface area contributed by atoms with Gasteiger partial charge in [-0.1, -0.05) is 55.9 Å². The van der Waals surface area contributed by atoms with Gasteiger partial charge in [-0.15, -0.1) is 6.42 Å². The fourth-order valence-electron chi connectivity index (χ4n) is 4.07. The molecule has 0 unspecified atom stereocenters. The highest BCUT2D eigenvalue weighted by Crippen LogP contribution is 2.36. The molecule has 2 fully saturated rings. The van der Waals surface area contributed by atoms with Gasteiger partial charge < -0.3 is 5.32 Å². The number of anilines is 1. The second-order valence-corrected chi connectivity index (χ2v) is 7.87. The molecule has 0 spiro atoms. The molecule has 0 radical (unpaired) electrons. The van der Waals surface area contributed by atoms with Crippen LogP contribution in [0.1, 0.15) is 63.9 Å². The Morgan fingerprint density at radius 1 is 1.08 bits per heavy atom. The van der Waals surface area contributed by atoms with Gasteiger partial charge in [-0.05, 0) is 74.3 Å². The maximum atomic E-state index is 5.51. The van der Waals surface area contributed by atoms with E-state index in [2.05, 4.69) is 36.9 Å². The predicted octanol–water partition coefficient (Wildman–Crippen LogP) is 6.85. The quantitative estimate of drug-likeness (QED) is 0.439. The van der Waals surface area contributed by atoms with Crippen molar-refractivity contribution in [3.8, 4) is 12.3 Å². The lowest BCUT2D eigenvalue weighted by molar-refractivity contribution is 0.366. The Morgan fingerprint density at radius 2 is 1.81 bits per heavy atom. The van der Waals surface area contributed by atoms with Crippen molar-refractivity contribution < 1.29 is 0 Å². The maximum Gasteiger partial charge on any atom is 0.0396 e. The number of benzene rings is 1. The van der Waals surface area contributed by atoms with Crippen molar-refractivity contribution in [2.45, 2.75) is 58.3 Å². The highest BCUT2D eigenvalue weighted by Gasteiger charge is 2.21. The number of terminal acetylenes is 1. The molecule has 0 saturated heterocycles. The van der Waals surface area contributed by atoms with E-state index in [1.165, 1.54) is 56.9 Å². The van der Waals surface area contributed by atoms with Gasteiger partial charge in [-0.3, -0.25) is 0 Å². The molecule has 1 aromatic rings. The van der Waals surface area contributed by atoms with Crippen LogP contribution < -0.4 is 5.32 Å². The highest BCUT2D eigenvalue weighted by atomic mass is 14.9. The number of hydrogen-bond acceptors (Lipinski definition) is 1. The largest absolute Gasteiger partial charge is 0.356 e. The van der Waals surface area contributed by atoms with Crippen molar-refractivity contribution in [1.29, 1.82) is 0 Å². The lowest BCUT2D eigenvalue weighted by atomic mass is 9.77. The van der Waals surface area contributed by atoms with E-state index in [0.717, 1.165) is 22.9 Å². The van der Waals surface area contributed by atoms with Gasteiger partial charge in [0.05, 0.1) is 0 Å². The monoisotopic (exact) mass is 345 g/mol. The Balaban J connectivity index is 1.77. The second-order valence-electron chi connectivity index (χ2n) is 7.87. The van der Waals surface area contributed by atoms with Crippen molar-refractivity contribution in [3.05, 3.63) is 65.4 Å². The molecule has 0 heterocycles. The van der Waals surface area contributed by atoms with Gasteiger partial charge in [0.1, 0.15) is 0 Å². The standard InChI is InChI=1S/C25H31N/c1-4-21-10-8-15-25(18-21)26-20(3)17-24(23-11-6-5-7-12-23)16-19(2)22-13-9-14-22/h1,8,10,15-18,22-23,26H,3,5-7,9,11-14H2,2H3/b19-16+,24-17+. The lowest BCUT2D eigenvalue weighted by Gasteiger charge is -2.29. The van der Waals surface area contributed by atoms with Gasteiger partial charge in [0.15, 0.2) is 0 Å². The molecule has 0 aromatic heterocycles. The van der Waals surface area contributed by atoms with Gasteiger partial charge in [0.25, 0.3) is 0 Å². The average Bonchev–Trinajstić information content (AvgIpc) is 2.60. The zero-order valence-corrected chi connectivity index (χ0v) is 16.1. The summed E-state index contributed by atoms with van der Waals surface area (Å²) in [5.74, 6) is 4.17. The fraction of sp³-hybridized carbons (Fsp3) is 0.440. The van der Waals surface area contributed by atoms with Crippen LogP contribution in [0.25, 0.3) is 0 Å². The summed E-state index contributed by atoms with van der Waals surface area (Å²) >= 11 is 0. The first kappa shape index (κ1) is 18.6. The summed E-state index contributed by atoms with van der Waals surface area (Å²) in [6, 6.07) is 7.96. The summed E-state index contributed by atoms with van der Waals surface area (Å²) in [4.78, 5) is 0. The first-order valence-electron chi connectivity index (χ1n) is 10.1. The number of allylic oxidation sites excluding steroid dienone is 4. The minimum Gasteiger partial charge on any atom is -0.356 e. The Kier molecular flexibility index (Phi) is 6.40. The van der Waals surface area contributed by atoms with E-state index in [1.807, 2.05) is 24.3 Å². The Labute approximate surface area is 159 Å². The van der Waals surface area contributed by atoms with E-state index < -0.39 is 0 Å². The van der Waals surface area contributed by atoms with Crippen LogP contribution in [0.15, 0.2) is 59.8 Å². The highest BCUT2D eigenvalue weighted by molar-refractivity contribution is 5.55. The molecule has 26 heavy (non-hydrogen) atoms. The molecule has 1 aromatic carbocycles. The molecule has 0 amide bonds. The van der Waals surface area contributed by atoms with Gasteiger partial charge in [0, 0.05) is 16.9 Å². The molecule has 1 nitrogen and oxygen atoms in total. The van der Waals surface area contributed by atoms with E-state index in [9.17, 15) is 0 Å². The van der Waals surface area contributed by atoms with Gasteiger partial charge in [-0.25, -0.2) is 0 Å². The minimum absolute atomic E-state index is 0.675. The molecular formula is C25H31N. The number of rotatable bonds is 6. The smallest absolute Gasteiger partial charge is 0.0396 e. The Morgan fingerprint density at radius 3 is 2.46 bits per heavy atom. The van der Waals surface area contributed by atoms with E-state index in [1.54, 1.807) is 5.57 Å². The zero-order valence-electron chi connectivity index (χ0n) is 16.1. The van der Waals surface area contributed by atoms with Crippen LogP contribution >= 0.6 is 0 Å². The third-order valence-electron chi connectivity index (χ3n) is 5.90. The van der Waals surface area contributed by atoms with E-state index >= 15 is 0 Å². The lowest BCUT2D eigenvalue weighted by Crippen LogP contribution is -2.14. The molecule has 2 aliphatic carbocycles. The fourth-order valence-corrected chi connectivity index (χ4v) is 4.07. The molecule has 1 N–H and O–H groups in total. The zero-order chi connectivity index (χ0) is 18.4.